The molecule has 1 fully saturated rings. The molecular weight excluding hydrogens is 470 g/mol. The van der Waals surface area contributed by atoms with Crippen LogP contribution in [0.2, 0.25) is 5.02 Å². The van der Waals surface area contributed by atoms with Gasteiger partial charge in [0.2, 0.25) is 5.91 Å². The normalized spacial score (nSPS) is 17.7. The van der Waals surface area contributed by atoms with E-state index in [1.54, 1.807) is 47.6 Å². The lowest BCUT2D eigenvalue weighted by Crippen LogP contribution is -2.38. The molecule has 0 aliphatic carbocycles. The van der Waals surface area contributed by atoms with Crippen LogP contribution in [0.1, 0.15) is 35.6 Å². The molecule has 172 valence electrons. The van der Waals surface area contributed by atoms with E-state index in [1.807, 2.05) is 11.6 Å². The number of rotatable bonds is 5. The maximum absolute atomic E-state index is 12.8. The van der Waals surface area contributed by atoms with Gasteiger partial charge in [-0.2, -0.15) is 0 Å². The monoisotopic (exact) mass is 495 g/mol. The average Bonchev–Trinajstić information content (AvgIpc) is 3.17. The van der Waals surface area contributed by atoms with Gasteiger partial charge in [-0.1, -0.05) is 11.6 Å². The number of aryl methyl sites for hydroxylation is 1. The molecule has 1 aromatic carbocycles. The fourth-order valence-corrected chi connectivity index (χ4v) is 6.59. The van der Waals surface area contributed by atoms with Gasteiger partial charge in [0.1, 0.15) is 12.4 Å². The number of nitrogens with zero attached hydrogens (tertiary/aromatic N) is 3. The van der Waals surface area contributed by atoms with Crippen LogP contribution in [0.3, 0.4) is 0 Å². The van der Waals surface area contributed by atoms with E-state index >= 15 is 0 Å². The number of halogens is 1. The zero-order valence-electron chi connectivity index (χ0n) is 18.1. The Hall–Kier alpha value is -2.10. The molecule has 0 spiro atoms. The maximum Gasteiger partial charge on any atom is 0.223 e. The van der Waals surface area contributed by atoms with Crippen molar-refractivity contribution in [1.82, 2.24) is 9.47 Å². The summed E-state index contributed by atoms with van der Waals surface area (Å²) in [5.41, 5.74) is 0.675. The van der Waals surface area contributed by atoms with E-state index in [0.717, 1.165) is 17.6 Å². The highest BCUT2D eigenvalue weighted by Crippen LogP contribution is 2.32. The molecule has 1 saturated heterocycles. The molecule has 32 heavy (non-hydrogen) atoms. The molecule has 0 bridgehead atoms. The van der Waals surface area contributed by atoms with Crippen LogP contribution in [0, 0.1) is 0 Å². The molecule has 2 aliphatic heterocycles. The third-order valence-electron chi connectivity index (χ3n) is 5.92. The molecule has 2 aliphatic rings. The van der Waals surface area contributed by atoms with E-state index in [4.69, 9.17) is 16.3 Å². The number of ether oxygens (including phenoxy) is 1. The van der Waals surface area contributed by atoms with E-state index in [-0.39, 0.29) is 29.6 Å². The molecule has 0 atom stereocenters. The lowest BCUT2D eigenvalue weighted by Gasteiger charge is -2.31. The van der Waals surface area contributed by atoms with E-state index in [9.17, 15) is 13.2 Å². The van der Waals surface area contributed by atoms with Gasteiger partial charge in [0.25, 0.3) is 0 Å². The standard InChI is InChI=1S/C22H26ClN3O4S2/c1-24-22-25(2)13-20(31-22)15-5-8-26(9-6-15)21(27)7-10-32(28,29)18-11-16-3-4-17(23)12-19(16)30-14-18/h3-4,11-13,15H,5-10,14H2,1-2H3/b24-22-. The molecule has 1 aromatic heterocycles. The van der Waals surface area contributed by atoms with Gasteiger partial charge in [-0.05, 0) is 43.0 Å². The summed E-state index contributed by atoms with van der Waals surface area (Å²) in [5, 5.41) is 0.534. The maximum atomic E-state index is 12.8. The Balaban J connectivity index is 1.33. The van der Waals surface area contributed by atoms with E-state index in [0.29, 0.717) is 35.3 Å². The van der Waals surface area contributed by atoms with Crippen molar-refractivity contribution in [2.75, 3.05) is 32.5 Å². The first-order chi connectivity index (χ1) is 15.3. The first-order valence-electron chi connectivity index (χ1n) is 10.5. The summed E-state index contributed by atoms with van der Waals surface area (Å²) >= 11 is 7.64. The van der Waals surface area contributed by atoms with Crippen molar-refractivity contribution in [1.29, 1.82) is 0 Å². The molecule has 1 amide bonds. The molecule has 10 heteroatoms. The Morgan fingerprint density at radius 2 is 2.06 bits per heavy atom. The third kappa shape index (κ3) is 4.94. The van der Waals surface area contributed by atoms with Crippen LogP contribution in [0.4, 0.5) is 0 Å². The number of benzene rings is 1. The number of hydrogen-bond acceptors (Lipinski definition) is 6. The SMILES string of the molecule is C/N=c1\sc(C2CCN(C(=O)CCS(=O)(=O)C3=Cc4ccc(Cl)cc4OC3)CC2)cn1C. The van der Waals surface area contributed by atoms with E-state index < -0.39 is 9.84 Å². The molecule has 0 radical (unpaired) electrons. The minimum atomic E-state index is -3.58. The lowest BCUT2D eigenvalue weighted by molar-refractivity contribution is -0.131. The zero-order chi connectivity index (χ0) is 22.9. The van der Waals surface area contributed by atoms with Crippen molar-refractivity contribution in [3.8, 4) is 5.75 Å². The summed E-state index contributed by atoms with van der Waals surface area (Å²) in [5.74, 6) is 0.644. The van der Waals surface area contributed by atoms with Crippen molar-refractivity contribution in [3.63, 3.8) is 0 Å². The van der Waals surface area contributed by atoms with Crippen LogP contribution in [-0.2, 0) is 21.7 Å². The summed E-state index contributed by atoms with van der Waals surface area (Å²) in [6, 6.07) is 5.09. The fourth-order valence-electron chi connectivity index (χ4n) is 4.06. The number of aromatic nitrogens is 1. The van der Waals surface area contributed by atoms with Gasteiger partial charge in [-0.15, -0.1) is 11.3 Å². The number of carbonyl (C=O) groups is 1. The zero-order valence-corrected chi connectivity index (χ0v) is 20.5. The van der Waals surface area contributed by atoms with Crippen LogP contribution < -0.4 is 9.54 Å². The number of thiazole rings is 1. The number of likely N-dealkylation sites (tertiary alicyclic amines) is 1. The molecule has 3 heterocycles. The number of fused-ring (bicyclic) bond motifs is 1. The topological polar surface area (TPSA) is 81.0 Å². The Labute approximate surface area is 196 Å². The van der Waals surface area contributed by atoms with Gasteiger partial charge in [-0.3, -0.25) is 9.79 Å². The quantitative estimate of drug-likeness (QED) is 0.637. The molecule has 0 saturated carbocycles. The lowest BCUT2D eigenvalue weighted by atomic mass is 9.95. The summed E-state index contributed by atoms with van der Waals surface area (Å²) in [6.45, 7) is 1.24. The van der Waals surface area contributed by atoms with E-state index in [1.165, 1.54) is 4.88 Å². The molecule has 0 unspecified atom stereocenters. The summed E-state index contributed by atoms with van der Waals surface area (Å²) in [6.07, 6.45) is 5.46. The van der Waals surface area contributed by atoms with Crippen LogP contribution in [0.5, 0.6) is 5.75 Å². The Morgan fingerprint density at radius 3 is 2.75 bits per heavy atom. The predicted molar refractivity (Wildman–Crippen MR) is 127 cm³/mol. The van der Waals surface area contributed by atoms with E-state index in [2.05, 4.69) is 11.2 Å². The van der Waals surface area contributed by atoms with Crippen molar-refractivity contribution >= 4 is 44.8 Å². The second-order valence-electron chi connectivity index (χ2n) is 8.06. The smallest absolute Gasteiger partial charge is 0.223 e. The molecule has 7 nitrogen and oxygen atoms in total. The number of piperidine rings is 1. The summed E-state index contributed by atoms with van der Waals surface area (Å²) in [4.78, 5) is 21.2. The first-order valence-corrected chi connectivity index (χ1v) is 13.3. The van der Waals surface area contributed by atoms with Gasteiger partial charge in [0.05, 0.1) is 10.7 Å². The third-order valence-corrected chi connectivity index (χ3v) is 9.26. The van der Waals surface area contributed by atoms with Gasteiger partial charge >= 0.3 is 0 Å². The van der Waals surface area contributed by atoms with Crippen LogP contribution in [-0.4, -0.2) is 56.3 Å². The van der Waals surface area contributed by atoms with Gasteiger partial charge < -0.3 is 14.2 Å². The first kappa shape index (κ1) is 23.1. The van der Waals surface area contributed by atoms with Gasteiger partial charge in [-0.25, -0.2) is 8.42 Å². The second-order valence-corrected chi connectivity index (χ2v) is 11.7. The minimum Gasteiger partial charge on any atom is -0.487 e. The summed E-state index contributed by atoms with van der Waals surface area (Å²) < 4.78 is 33.2. The number of sulfone groups is 1. The largest absolute Gasteiger partial charge is 0.487 e. The molecular formula is C22H26ClN3O4S2. The van der Waals surface area contributed by atoms with Crippen molar-refractivity contribution < 1.29 is 17.9 Å². The van der Waals surface area contributed by atoms with Crippen molar-refractivity contribution in [3.05, 3.63) is 49.6 Å². The van der Waals surface area contributed by atoms with Gasteiger partial charge in [0.15, 0.2) is 14.6 Å². The number of carbonyl (C=O) groups excluding carboxylic acids is 1. The fraction of sp³-hybridized carbons (Fsp3) is 0.455. The molecule has 0 N–H and O–H groups in total. The Bertz CT molecular complexity index is 1220. The minimum absolute atomic E-state index is 0.0232. The molecule has 2 aromatic rings. The highest BCUT2D eigenvalue weighted by Gasteiger charge is 2.28. The highest BCUT2D eigenvalue weighted by atomic mass is 35.5. The van der Waals surface area contributed by atoms with Crippen molar-refractivity contribution in [2.24, 2.45) is 12.0 Å². The number of hydrogen-bond donors (Lipinski definition) is 0. The second kappa shape index (κ2) is 9.41. The van der Waals surface area contributed by atoms with Crippen LogP contribution >= 0.6 is 22.9 Å². The summed E-state index contributed by atoms with van der Waals surface area (Å²) in [7, 11) is 0.190. The van der Waals surface area contributed by atoms with Crippen LogP contribution in [0.15, 0.2) is 34.3 Å². The molecule has 4 rings (SSSR count). The highest BCUT2D eigenvalue weighted by molar-refractivity contribution is 7.95. The average molecular weight is 496 g/mol. The van der Waals surface area contributed by atoms with Crippen LogP contribution in [0.25, 0.3) is 6.08 Å². The Morgan fingerprint density at radius 1 is 1.31 bits per heavy atom. The predicted octanol–water partition coefficient (Wildman–Crippen LogP) is 3.21. The Kier molecular flexibility index (Phi) is 6.78. The van der Waals surface area contributed by atoms with Gasteiger partial charge in [0, 0.05) is 55.3 Å². The van der Waals surface area contributed by atoms with Crippen molar-refractivity contribution in [2.45, 2.75) is 25.2 Å². The number of amides is 1.